The van der Waals surface area contributed by atoms with Gasteiger partial charge in [0, 0.05) is 11.9 Å². The van der Waals surface area contributed by atoms with E-state index in [4.69, 9.17) is 23.2 Å². The lowest BCUT2D eigenvalue weighted by molar-refractivity contribution is 0.543. The van der Waals surface area contributed by atoms with Crippen LogP contribution >= 0.6 is 23.2 Å². The second-order valence-corrected chi connectivity index (χ2v) is 5.02. The van der Waals surface area contributed by atoms with Gasteiger partial charge in [0.2, 0.25) is 0 Å². The minimum absolute atomic E-state index is 0.210. The van der Waals surface area contributed by atoms with E-state index in [0.29, 0.717) is 5.92 Å². The summed E-state index contributed by atoms with van der Waals surface area (Å²) in [4.78, 5) is 0. The van der Waals surface area contributed by atoms with Gasteiger partial charge >= 0.3 is 0 Å². The third-order valence-corrected chi connectivity index (χ3v) is 3.62. The Morgan fingerprint density at radius 3 is 2.67 bits per heavy atom. The first-order chi connectivity index (χ1) is 7.06. The number of hydrogen-bond acceptors (Lipinski definition) is 1. The zero-order chi connectivity index (χ0) is 11.4. The van der Waals surface area contributed by atoms with E-state index < -0.39 is 0 Å². The van der Waals surface area contributed by atoms with Crippen LogP contribution in [0.4, 0.5) is 0 Å². The van der Waals surface area contributed by atoms with E-state index in [0.717, 1.165) is 30.1 Å². The molecule has 86 valence electrons. The molecule has 4 heteroatoms. The van der Waals surface area contributed by atoms with E-state index in [2.05, 4.69) is 25.9 Å². The predicted molar refractivity (Wildman–Crippen MR) is 65.7 cm³/mol. The van der Waals surface area contributed by atoms with Crippen molar-refractivity contribution in [2.24, 2.45) is 5.92 Å². The molecular formula is C11H18Cl2N2. The Hall–Kier alpha value is -0.210. The fourth-order valence-corrected chi connectivity index (χ4v) is 1.86. The van der Waals surface area contributed by atoms with E-state index >= 15 is 0 Å². The van der Waals surface area contributed by atoms with Crippen LogP contribution in [0.3, 0.4) is 0 Å². The summed E-state index contributed by atoms with van der Waals surface area (Å²) in [5.74, 6) is 0.503. The lowest BCUT2D eigenvalue weighted by Crippen LogP contribution is -2.11. The standard InChI is InChI=1S/C11H18Cl2N2/c1-4-15-11(10(13)7-14-15)6-5-9(12)8(2)3/h7-9H,4-6H2,1-3H3. The molecule has 1 aromatic rings. The minimum atomic E-state index is 0.210. The highest BCUT2D eigenvalue weighted by Gasteiger charge is 2.13. The first-order valence-electron chi connectivity index (χ1n) is 5.40. The second kappa shape index (κ2) is 5.76. The summed E-state index contributed by atoms with van der Waals surface area (Å²) in [6.07, 6.45) is 3.56. The van der Waals surface area contributed by atoms with E-state index in [1.54, 1.807) is 6.20 Å². The zero-order valence-electron chi connectivity index (χ0n) is 9.50. The van der Waals surface area contributed by atoms with Gasteiger partial charge in [0.25, 0.3) is 0 Å². The largest absolute Gasteiger partial charge is 0.268 e. The van der Waals surface area contributed by atoms with Gasteiger partial charge in [-0.25, -0.2) is 0 Å². The fraction of sp³-hybridized carbons (Fsp3) is 0.727. The molecule has 0 saturated carbocycles. The summed E-state index contributed by atoms with van der Waals surface area (Å²) >= 11 is 12.3. The van der Waals surface area contributed by atoms with Crippen LogP contribution < -0.4 is 0 Å². The summed E-state index contributed by atoms with van der Waals surface area (Å²) < 4.78 is 1.94. The number of alkyl halides is 1. The van der Waals surface area contributed by atoms with Gasteiger partial charge in [-0.3, -0.25) is 4.68 Å². The quantitative estimate of drug-likeness (QED) is 0.726. The van der Waals surface area contributed by atoms with Crippen LogP contribution in [-0.4, -0.2) is 15.2 Å². The van der Waals surface area contributed by atoms with Gasteiger partial charge in [-0.15, -0.1) is 11.6 Å². The molecule has 1 atom stereocenters. The number of nitrogens with zero attached hydrogens (tertiary/aromatic N) is 2. The summed E-state index contributed by atoms with van der Waals surface area (Å²) in [5.41, 5.74) is 1.10. The SMILES string of the molecule is CCn1ncc(Cl)c1CCC(Cl)C(C)C. The molecule has 1 heterocycles. The van der Waals surface area contributed by atoms with E-state index in [1.165, 1.54) is 0 Å². The first-order valence-corrected chi connectivity index (χ1v) is 6.22. The van der Waals surface area contributed by atoms with Crippen LogP contribution in [-0.2, 0) is 13.0 Å². The topological polar surface area (TPSA) is 17.8 Å². The zero-order valence-corrected chi connectivity index (χ0v) is 11.0. The molecular weight excluding hydrogens is 231 g/mol. The van der Waals surface area contributed by atoms with Crippen molar-refractivity contribution < 1.29 is 0 Å². The van der Waals surface area contributed by atoms with Crippen molar-refractivity contribution in [3.8, 4) is 0 Å². The second-order valence-electron chi connectivity index (χ2n) is 4.05. The number of hydrogen-bond donors (Lipinski definition) is 0. The van der Waals surface area contributed by atoms with Crippen molar-refractivity contribution >= 4 is 23.2 Å². The molecule has 2 nitrogen and oxygen atoms in total. The van der Waals surface area contributed by atoms with Gasteiger partial charge < -0.3 is 0 Å². The highest BCUT2D eigenvalue weighted by atomic mass is 35.5. The molecule has 0 radical (unpaired) electrons. The molecule has 0 aliphatic rings. The molecule has 0 N–H and O–H groups in total. The molecule has 1 rings (SSSR count). The smallest absolute Gasteiger partial charge is 0.0817 e. The van der Waals surface area contributed by atoms with Gasteiger partial charge in [-0.1, -0.05) is 25.4 Å². The van der Waals surface area contributed by atoms with Crippen molar-refractivity contribution in [3.63, 3.8) is 0 Å². The average Bonchev–Trinajstić information content (AvgIpc) is 2.55. The maximum absolute atomic E-state index is 6.21. The maximum atomic E-state index is 6.21. The van der Waals surface area contributed by atoms with Crippen LogP contribution in [0.15, 0.2) is 6.20 Å². The van der Waals surface area contributed by atoms with Crippen LogP contribution in [0.2, 0.25) is 5.02 Å². The number of rotatable bonds is 5. The summed E-state index contributed by atoms with van der Waals surface area (Å²) in [6, 6.07) is 0. The Labute approximate surface area is 102 Å². The molecule has 15 heavy (non-hydrogen) atoms. The van der Waals surface area contributed by atoms with Crippen LogP contribution in [0.5, 0.6) is 0 Å². The molecule has 0 aliphatic carbocycles. The maximum Gasteiger partial charge on any atom is 0.0817 e. The van der Waals surface area contributed by atoms with Crippen molar-refractivity contribution in [1.82, 2.24) is 9.78 Å². The highest BCUT2D eigenvalue weighted by molar-refractivity contribution is 6.31. The monoisotopic (exact) mass is 248 g/mol. The third-order valence-electron chi connectivity index (χ3n) is 2.58. The predicted octanol–water partition coefficient (Wildman–Crippen LogP) is 3.75. The van der Waals surface area contributed by atoms with E-state index in [1.807, 2.05) is 4.68 Å². The Morgan fingerprint density at radius 1 is 1.47 bits per heavy atom. The van der Waals surface area contributed by atoms with Crippen LogP contribution in [0, 0.1) is 5.92 Å². The summed E-state index contributed by atoms with van der Waals surface area (Å²) in [7, 11) is 0. The van der Waals surface area contributed by atoms with Gasteiger partial charge in [0.15, 0.2) is 0 Å². The molecule has 1 aromatic heterocycles. The van der Waals surface area contributed by atoms with Crippen molar-refractivity contribution in [3.05, 3.63) is 16.9 Å². The van der Waals surface area contributed by atoms with Gasteiger partial charge in [0.1, 0.15) is 0 Å². The van der Waals surface area contributed by atoms with Gasteiger partial charge in [0.05, 0.1) is 16.9 Å². The van der Waals surface area contributed by atoms with Crippen molar-refractivity contribution in [2.75, 3.05) is 0 Å². The molecule has 0 bridgehead atoms. The normalized spacial score (nSPS) is 13.5. The molecule has 0 aromatic carbocycles. The molecule has 0 amide bonds. The fourth-order valence-electron chi connectivity index (χ4n) is 1.52. The molecule has 0 fully saturated rings. The Kier molecular flexibility index (Phi) is 4.94. The third kappa shape index (κ3) is 3.39. The van der Waals surface area contributed by atoms with Crippen molar-refractivity contribution in [2.45, 2.75) is 45.5 Å². The average molecular weight is 249 g/mol. The Morgan fingerprint density at radius 2 is 2.13 bits per heavy atom. The van der Waals surface area contributed by atoms with Crippen molar-refractivity contribution in [1.29, 1.82) is 0 Å². The molecule has 0 spiro atoms. The Balaban J connectivity index is 2.60. The van der Waals surface area contributed by atoms with Gasteiger partial charge in [-0.2, -0.15) is 5.10 Å². The molecule has 0 saturated heterocycles. The van der Waals surface area contributed by atoms with E-state index in [-0.39, 0.29) is 5.38 Å². The lowest BCUT2D eigenvalue weighted by Gasteiger charge is -2.13. The minimum Gasteiger partial charge on any atom is -0.268 e. The lowest BCUT2D eigenvalue weighted by atomic mass is 10.0. The molecule has 1 unspecified atom stereocenters. The van der Waals surface area contributed by atoms with E-state index in [9.17, 15) is 0 Å². The summed E-state index contributed by atoms with van der Waals surface area (Å²) in [6.45, 7) is 7.19. The first kappa shape index (κ1) is 12.9. The highest BCUT2D eigenvalue weighted by Crippen LogP contribution is 2.21. The van der Waals surface area contributed by atoms with Crippen LogP contribution in [0.1, 0.15) is 32.9 Å². The number of aromatic nitrogens is 2. The number of halogens is 2. The van der Waals surface area contributed by atoms with Crippen LogP contribution in [0.25, 0.3) is 0 Å². The Bertz CT molecular complexity index is 308. The summed E-state index contributed by atoms with van der Waals surface area (Å²) in [5, 5.41) is 5.16. The molecule has 0 aliphatic heterocycles. The van der Waals surface area contributed by atoms with Gasteiger partial charge in [-0.05, 0) is 25.7 Å². The number of aryl methyl sites for hydroxylation is 1.